The SMILES string of the molecule is CC.COC1CCNC1. The fraction of sp³-hybridized carbons (Fsp3) is 1.00. The molecular weight excluding hydrogens is 114 g/mol. The van der Waals surface area contributed by atoms with Crippen LogP contribution < -0.4 is 5.32 Å². The Morgan fingerprint density at radius 1 is 1.44 bits per heavy atom. The highest BCUT2D eigenvalue weighted by molar-refractivity contribution is 4.69. The second-order valence-electron chi connectivity index (χ2n) is 1.85. The first-order valence-corrected chi connectivity index (χ1v) is 3.67. The van der Waals surface area contributed by atoms with E-state index in [0.29, 0.717) is 6.10 Å². The number of nitrogens with one attached hydrogen (secondary N) is 1. The molecular formula is C7H17NO. The summed E-state index contributed by atoms with van der Waals surface area (Å²) in [7, 11) is 1.76. The van der Waals surface area contributed by atoms with Gasteiger partial charge in [0, 0.05) is 13.7 Å². The maximum atomic E-state index is 5.05. The highest BCUT2D eigenvalue weighted by Crippen LogP contribution is 1.99. The largest absolute Gasteiger partial charge is 0.380 e. The normalized spacial score (nSPS) is 25.0. The summed E-state index contributed by atoms with van der Waals surface area (Å²) in [6.07, 6.45) is 1.66. The van der Waals surface area contributed by atoms with E-state index in [0.717, 1.165) is 13.1 Å². The number of rotatable bonds is 1. The fourth-order valence-electron chi connectivity index (χ4n) is 0.829. The molecule has 0 bridgehead atoms. The zero-order valence-electron chi connectivity index (χ0n) is 6.61. The monoisotopic (exact) mass is 131 g/mol. The number of hydrogen-bond acceptors (Lipinski definition) is 2. The molecule has 1 N–H and O–H groups in total. The van der Waals surface area contributed by atoms with Gasteiger partial charge in [-0.3, -0.25) is 0 Å². The predicted molar refractivity (Wildman–Crippen MR) is 39.6 cm³/mol. The lowest BCUT2D eigenvalue weighted by molar-refractivity contribution is 0.119. The molecule has 1 unspecified atom stereocenters. The van der Waals surface area contributed by atoms with E-state index >= 15 is 0 Å². The summed E-state index contributed by atoms with van der Waals surface area (Å²) in [5.41, 5.74) is 0. The van der Waals surface area contributed by atoms with Crippen molar-refractivity contribution in [2.24, 2.45) is 0 Å². The second-order valence-corrected chi connectivity index (χ2v) is 1.85. The smallest absolute Gasteiger partial charge is 0.0707 e. The molecule has 9 heavy (non-hydrogen) atoms. The Kier molecular flexibility index (Phi) is 5.99. The van der Waals surface area contributed by atoms with Crippen molar-refractivity contribution in [2.45, 2.75) is 26.4 Å². The summed E-state index contributed by atoms with van der Waals surface area (Å²) in [4.78, 5) is 0. The van der Waals surface area contributed by atoms with Gasteiger partial charge in [-0.15, -0.1) is 0 Å². The van der Waals surface area contributed by atoms with Crippen LogP contribution in [0.5, 0.6) is 0 Å². The Morgan fingerprint density at radius 3 is 2.33 bits per heavy atom. The minimum absolute atomic E-state index is 0.486. The Labute approximate surface area is 57.6 Å². The van der Waals surface area contributed by atoms with Crippen LogP contribution in [0.2, 0.25) is 0 Å². The van der Waals surface area contributed by atoms with Crippen molar-refractivity contribution in [3.05, 3.63) is 0 Å². The first kappa shape index (κ1) is 8.92. The van der Waals surface area contributed by atoms with Gasteiger partial charge in [-0.25, -0.2) is 0 Å². The maximum absolute atomic E-state index is 5.05. The lowest BCUT2D eigenvalue weighted by Gasteiger charge is -2.01. The van der Waals surface area contributed by atoms with Crippen molar-refractivity contribution in [2.75, 3.05) is 20.2 Å². The average Bonchev–Trinajstić information content (AvgIpc) is 2.43. The number of hydrogen-bond donors (Lipinski definition) is 1. The van der Waals surface area contributed by atoms with Gasteiger partial charge in [0.2, 0.25) is 0 Å². The van der Waals surface area contributed by atoms with Crippen molar-refractivity contribution in [3.63, 3.8) is 0 Å². The van der Waals surface area contributed by atoms with E-state index in [1.54, 1.807) is 7.11 Å². The molecule has 0 saturated carbocycles. The molecule has 0 spiro atoms. The molecule has 1 saturated heterocycles. The van der Waals surface area contributed by atoms with Crippen LogP contribution in [-0.4, -0.2) is 26.3 Å². The maximum Gasteiger partial charge on any atom is 0.0707 e. The van der Waals surface area contributed by atoms with Crippen molar-refractivity contribution in [3.8, 4) is 0 Å². The van der Waals surface area contributed by atoms with Gasteiger partial charge < -0.3 is 10.1 Å². The molecule has 1 fully saturated rings. The zero-order chi connectivity index (χ0) is 7.11. The van der Waals surface area contributed by atoms with Crippen LogP contribution in [0.4, 0.5) is 0 Å². The molecule has 1 heterocycles. The molecule has 1 rings (SSSR count). The summed E-state index contributed by atoms with van der Waals surface area (Å²) in [6, 6.07) is 0. The molecule has 56 valence electrons. The Balaban J connectivity index is 0.000000291. The first-order chi connectivity index (χ1) is 4.43. The van der Waals surface area contributed by atoms with Gasteiger partial charge in [0.15, 0.2) is 0 Å². The minimum atomic E-state index is 0.486. The summed E-state index contributed by atoms with van der Waals surface area (Å²) in [6.45, 7) is 6.16. The lowest BCUT2D eigenvalue weighted by Crippen LogP contribution is -2.14. The van der Waals surface area contributed by atoms with Gasteiger partial charge in [-0.05, 0) is 13.0 Å². The predicted octanol–water partition coefficient (Wildman–Crippen LogP) is 1.02. The molecule has 0 aromatic rings. The number of methoxy groups -OCH3 is 1. The van der Waals surface area contributed by atoms with E-state index in [-0.39, 0.29) is 0 Å². The molecule has 1 aliphatic rings. The second kappa shape index (κ2) is 6.05. The third-order valence-electron chi connectivity index (χ3n) is 1.35. The van der Waals surface area contributed by atoms with E-state index in [2.05, 4.69) is 5.32 Å². The molecule has 1 atom stereocenters. The van der Waals surface area contributed by atoms with Gasteiger partial charge in [0.05, 0.1) is 6.10 Å². The zero-order valence-corrected chi connectivity index (χ0v) is 6.61. The van der Waals surface area contributed by atoms with Gasteiger partial charge in [0.1, 0.15) is 0 Å². The molecule has 0 radical (unpaired) electrons. The van der Waals surface area contributed by atoms with Crippen molar-refractivity contribution >= 4 is 0 Å². The van der Waals surface area contributed by atoms with E-state index in [4.69, 9.17) is 4.74 Å². The van der Waals surface area contributed by atoms with E-state index < -0.39 is 0 Å². The number of ether oxygens (including phenoxy) is 1. The third kappa shape index (κ3) is 3.49. The highest BCUT2D eigenvalue weighted by Gasteiger charge is 2.11. The van der Waals surface area contributed by atoms with Crippen molar-refractivity contribution in [1.29, 1.82) is 0 Å². The Bertz CT molecular complexity index is 50.9. The van der Waals surface area contributed by atoms with Crippen LogP contribution >= 0.6 is 0 Å². The third-order valence-corrected chi connectivity index (χ3v) is 1.35. The Morgan fingerprint density at radius 2 is 2.11 bits per heavy atom. The van der Waals surface area contributed by atoms with Crippen LogP contribution in [0.1, 0.15) is 20.3 Å². The van der Waals surface area contributed by atoms with Gasteiger partial charge in [-0.1, -0.05) is 13.8 Å². The molecule has 0 aliphatic carbocycles. The lowest BCUT2D eigenvalue weighted by atomic mass is 10.3. The van der Waals surface area contributed by atoms with E-state index in [1.165, 1.54) is 6.42 Å². The molecule has 1 aliphatic heterocycles. The first-order valence-electron chi connectivity index (χ1n) is 3.67. The Hall–Kier alpha value is -0.0800. The topological polar surface area (TPSA) is 21.3 Å². The minimum Gasteiger partial charge on any atom is -0.380 e. The fourth-order valence-corrected chi connectivity index (χ4v) is 0.829. The van der Waals surface area contributed by atoms with Crippen LogP contribution in [0.25, 0.3) is 0 Å². The molecule has 0 amide bonds. The van der Waals surface area contributed by atoms with E-state index in [9.17, 15) is 0 Å². The molecule has 2 nitrogen and oxygen atoms in total. The van der Waals surface area contributed by atoms with Gasteiger partial charge in [0.25, 0.3) is 0 Å². The summed E-state index contributed by atoms with van der Waals surface area (Å²) in [5, 5.41) is 3.20. The molecule has 2 heteroatoms. The van der Waals surface area contributed by atoms with Crippen molar-refractivity contribution in [1.82, 2.24) is 5.32 Å². The van der Waals surface area contributed by atoms with Crippen LogP contribution in [0.3, 0.4) is 0 Å². The molecule has 0 aromatic heterocycles. The van der Waals surface area contributed by atoms with Crippen LogP contribution in [0.15, 0.2) is 0 Å². The average molecular weight is 131 g/mol. The summed E-state index contributed by atoms with van der Waals surface area (Å²) in [5.74, 6) is 0. The van der Waals surface area contributed by atoms with Gasteiger partial charge >= 0.3 is 0 Å². The standard InChI is InChI=1S/C5H11NO.C2H6/c1-7-5-2-3-6-4-5;1-2/h5-6H,2-4H2,1H3;1-2H3. The van der Waals surface area contributed by atoms with E-state index in [1.807, 2.05) is 13.8 Å². The highest BCUT2D eigenvalue weighted by atomic mass is 16.5. The molecule has 0 aromatic carbocycles. The summed E-state index contributed by atoms with van der Waals surface area (Å²) < 4.78 is 5.05. The van der Waals surface area contributed by atoms with Gasteiger partial charge in [-0.2, -0.15) is 0 Å². The summed E-state index contributed by atoms with van der Waals surface area (Å²) >= 11 is 0. The van der Waals surface area contributed by atoms with Crippen molar-refractivity contribution < 1.29 is 4.74 Å². The van der Waals surface area contributed by atoms with Crippen LogP contribution in [-0.2, 0) is 4.74 Å². The van der Waals surface area contributed by atoms with Crippen LogP contribution in [0, 0.1) is 0 Å². The quantitative estimate of drug-likeness (QED) is 0.573.